The van der Waals surface area contributed by atoms with Crippen LogP contribution in [-0.2, 0) is 16.1 Å². The number of nitrogens with zero attached hydrogens (tertiary/aromatic N) is 2. The van der Waals surface area contributed by atoms with Gasteiger partial charge in [-0.25, -0.2) is 0 Å². The van der Waals surface area contributed by atoms with Crippen LogP contribution in [0.5, 0.6) is 0 Å². The number of hydrogen-bond donors (Lipinski definition) is 1. The van der Waals surface area contributed by atoms with Crippen LogP contribution in [0.4, 0.5) is 0 Å². The van der Waals surface area contributed by atoms with Gasteiger partial charge < -0.3 is 10.2 Å². The molecule has 26 heavy (non-hydrogen) atoms. The van der Waals surface area contributed by atoms with E-state index < -0.39 is 0 Å². The monoisotopic (exact) mass is 375 g/mol. The first-order valence-corrected chi connectivity index (χ1v) is 10.6. The Morgan fingerprint density at radius 3 is 2.65 bits per heavy atom. The van der Waals surface area contributed by atoms with Gasteiger partial charge in [-0.15, -0.1) is 0 Å². The second-order valence-corrected chi connectivity index (χ2v) is 8.54. The Morgan fingerprint density at radius 1 is 1.27 bits per heavy atom. The Morgan fingerprint density at radius 2 is 1.96 bits per heavy atom. The summed E-state index contributed by atoms with van der Waals surface area (Å²) in [5, 5.41) is 2.93. The third kappa shape index (κ3) is 4.80. The molecule has 2 saturated heterocycles. The predicted octanol–water partition coefficient (Wildman–Crippen LogP) is 2.04. The van der Waals surface area contributed by atoms with E-state index in [0.717, 1.165) is 30.9 Å². The number of piperazine rings is 1. The van der Waals surface area contributed by atoms with Crippen LogP contribution < -0.4 is 5.32 Å². The molecule has 6 heteroatoms. The highest BCUT2D eigenvalue weighted by molar-refractivity contribution is 7.99. The molecule has 5 nitrogen and oxygen atoms in total. The number of carbonyl (C=O) groups excluding carboxylic acids is 2. The lowest BCUT2D eigenvalue weighted by molar-refractivity contribution is -0.139. The lowest BCUT2D eigenvalue weighted by Gasteiger charge is -2.37. The van der Waals surface area contributed by atoms with E-state index >= 15 is 0 Å². The first-order valence-electron chi connectivity index (χ1n) is 9.45. The molecule has 2 amide bonds. The van der Waals surface area contributed by atoms with Crippen LogP contribution in [0.3, 0.4) is 0 Å². The molecular formula is C20H29N3O2S. The van der Waals surface area contributed by atoms with E-state index in [-0.39, 0.29) is 24.3 Å². The summed E-state index contributed by atoms with van der Waals surface area (Å²) in [7, 11) is 1.90. The molecule has 1 unspecified atom stereocenters. The summed E-state index contributed by atoms with van der Waals surface area (Å²) in [6.07, 6.45) is 2.37. The SMILES string of the molecule is Cc1ccc(CN2CCNC(=O)C2CC(=O)N(C)C2CCSCC2)cc1. The molecule has 2 aliphatic heterocycles. The molecule has 0 aliphatic carbocycles. The largest absolute Gasteiger partial charge is 0.353 e. The van der Waals surface area contributed by atoms with Gasteiger partial charge in [0.2, 0.25) is 11.8 Å². The van der Waals surface area contributed by atoms with Gasteiger partial charge in [0.05, 0.1) is 12.5 Å². The molecule has 3 rings (SSSR count). The van der Waals surface area contributed by atoms with Crippen LogP contribution in [0, 0.1) is 6.92 Å². The van der Waals surface area contributed by atoms with Crippen LogP contribution in [0.2, 0.25) is 0 Å². The molecule has 0 saturated carbocycles. The third-order valence-electron chi connectivity index (χ3n) is 5.45. The van der Waals surface area contributed by atoms with Crippen LogP contribution >= 0.6 is 11.8 Å². The molecule has 2 heterocycles. The zero-order valence-corrected chi connectivity index (χ0v) is 16.6. The van der Waals surface area contributed by atoms with E-state index in [1.807, 2.05) is 23.7 Å². The average Bonchev–Trinajstić information content (AvgIpc) is 2.66. The van der Waals surface area contributed by atoms with Gasteiger partial charge >= 0.3 is 0 Å². The summed E-state index contributed by atoms with van der Waals surface area (Å²) in [5.41, 5.74) is 2.41. The Kier molecular flexibility index (Phi) is 6.59. The number of nitrogens with one attached hydrogen (secondary N) is 1. The third-order valence-corrected chi connectivity index (χ3v) is 6.50. The lowest BCUT2D eigenvalue weighted by atomic mass is 10.0. The number of aryl methyl sites for hydroxylation is 1. The predicted molar refractivity (Wildman–Crippen MR) is 106 cm³/mol. The van der Waals surface area contributed by atoms with Crippen molar-refractivity contribution in [1.29, 1.82) is 0 Å². The number of amides is 2. The van der Waals surface area contributed by atoms with E-state index in [0.29, 0.717) is 19.1 Å². The molecule has 0 radical (unpaired) electrons. The summed E-state index contributed by atoms with van der Waals surface area (Å²) >= 11 is 1.96. The summed E-state index contributed by atoms with van der Waals surface area (Å²) < 4.78 is 0. The lowest BCUT2D eigenvalue weighted by Crippen LogP contribution is -2.56. The zero-order chi connectivity index (χ0) is 18.5. The van der Waals surface area contributed by atoms with Crippen molar-refractivity contribution in [1.82, 2.24) is 15.1 Å². The first-order chi connectivity index (χ1) is 12.5. The molecule has 2 aliphatic rings. The molecule has 1 atom stereocenters. The second kappa shape index (κ2) is 8.91. The minimum atomic E-state index is -0.377. The Bertz CT molecular complexity index is 628. The smallest absolute Gasteiger partial charge is 0.237 e. The maximum absolute atomic E-state index is 12.8. The number of benzene rings is 1. The number of rotatable bonds is 5. The molecule has 1 aromatic carbocycles. The topological polar surface area (TPSA) is 52.7 Å². The maximum atomic E-state index is 12.8. The van der Waals surface area contributed by atoms with Gasteiger partial charge in [-0.1, -0.05) is 29.8 Å². The molecule has 1 N–H and O–H groups in total. The van der Waals surface area contributed by atoms with Gasteiger partial charge in [-0.3, -0.25) is 14.5 Å². The Balaban J connectivity index is 1.64. The fraction of sp³-hybridized carbons (Fsp3) is 0.600. The molecule has 0 bridgehead atoms. The van der Waals surface area contributed by atoms with Crippen molar-refractivity contribution >= 4 is 23.6 Å². The van der Waals surface area contributed by atoms with Crippen LogP contribution in [-0.4, -0.2) is 65.3 Å². The normalized spacial score (nSPS) is 22.1. The highest BCUT2D eigenvalue weighted by Gasteiger charge is 2.33. The summed E-state index contributed by atoms with van der Waals surface area (Å²) in [6.45, 7) is 4.20. The van der Waals surface area contributed by atoms with E-state index in [2.05, 4.69) is 41.4 Å². The minimum Gasteiger partial charge on any atom is -0.353 e. The summed E-state index contributed by atoms with van der Waals surface area (Å²) in [4.78, 5) is 29.3. The minimum absolute atomic E-state index is 0.0238. The van der Waals surface area contributed by atoms with Crippen molar-refractivity contribution in [3.63, 3.8) is 0 Å². The van der Waals surface area contributed by atoms with Gasteiger partial charge in [0.15, 0.2) is 0 Å². The molecular weight excluding hydrogens is 346 g/mol. The summed E-state index contributed by atoms with van der Waals surface area (Å²) in [6, 6.07) is 8.33. The van der Waals surface area contributed by atoms with Gasteiger partial charge in [0.25, 0.3) is 0 Å². The number of carbonyl (C=O) groups is 2. The first kappa shape index (κ1) is 19.2. The van der Waals surface area contributed by atoms with E-state index in [9.17, 15) is 9.59 Å². The zero-order valence-electron chi connectivity index (χ0n) is 15.7. The van der Waals surface area contributed by atoms with Crippen molar-refractivity contribution in [2.45, 2.75) is 44.8 Å². The highest BCUT2D eigenvalue weighted by atomic mass is 32.2. The molecule has 2 fully saturated rings. The van der Waals surface area contributed by atoms with Crippen molar-refractivity contribution < 1.29 is 9.59 Å². The van der Waals surface area contributed by atoms with Gasteiger partial charge in [0, 0.05) is 32.7 Å². The van der Waals surface area contributed by atoms with Crippen molar-refractivity contribution in [2.75, 3.05) is 31.6 Å². The quantitative estimate of drug-likeness (QED) is 0.856. The van der Waals surface area contributed by atoms with Gasteiger partial charge in [-0.2, -0.15) is 11.8 Å². The highest BCUT2D eigenvalue weighted by Crippen LogP contribution is 2.22. The molecule has 142 valence electrons. The van der Waals surface area contributed by atoms with Crippen molar-refractivity contribution in [3.8, 4) is 0 Å². The fourth-order valence-corrected chi connectivity index (χ4v) is 4.77. The molecule has 0 spiro atoms. The van der Waals surface area contributed by atoms with Gasteiger partial charge in [-0.05, 0) is 36.8 Å². The maximum Gasteiger partial charge on any atom is 0.237 e. The standard InChI is InChI=1S/C20H29N3O2S/c1-15-3-5-16(6-4-15)14-23-10-9-21-20(25)18(23)13-19(24)22(2)17-7-11-26-12-8-17/h3-6,17-18H,7-14H2,1-2H3,(H,21,25). The second-order valence-electron chi connectivity index (χ2n) is 7.32. The Labute approximate surface area is 160 Å². The van der Waals surface area contributed by atoms with Crippen LogP contribution in [0.15, 0.2) is 24.3 Å². The van der Waals surface area contributed by atoms with Crippen LogP contribution in [0.25, 0.3) is 0 Å². The van der Waals surface area contributed by atoms with Gasteiger partial charge in [0.1, 0.15) is 0 Å². The number of thioether (sulfide) groups is 1. The Hall–Kier alpha value is -1.53. The van der Waals surface area contributed by atoms with Crippen molar-refractivity contribution in [3.05, 3.63) is 35.4 Å². The van der Waals surface area contributed by atoms with E-state index in [1.54, 1.807) is 0 Å². The fourth-order valence-electron chi connectivity index (χ4n) is 3.69. The average molecular weight is 376 g/mol. The summed E-state index contributed by atoms with van der Waals surface area (Å²) in [5.74, 6) is 2.29. The molecule has 0 aromatic heterocycles. The van der Waals surface area contributed by atoms with Crippen LogP contribution in [0.1, 0.15) is 30.4 Å². The molecule has 1 aromatic rings. The van der Waals surface area contributed by atoms with E-state index in [4.69, 9.17) is 0 Å². The van der Waals surface area contributed by atoms with E-state index in [1.165, 1.54) is 11.1 Å². The number of hydrogen-bond acceptors (Lipinski definition) is 4. The van der Waals surface area contributed by atoms with Crippen molar-refractivity contribution in [2.24, 2.45) is 0 Å².